The molecule has 2 amide bonds. The van der Waals surface area contributed by atoms with Gasteiger partial charge in [-0.15, -0.1) is 0 Å². The average Bonchev–Trinajstić information content (AvgIpc) is 2.83. The van der Waals surface area contributed by atoms with Crippen LogP contribution in [0.5, 0.6) is 5.75 Å². The summed E-state index contributed by atoms with van der Waals surface area (Å²) >= 11 is 0. The molecular formula is C27H31N3O3. The Morgan fingerprint density at radius 2 is 1.36 bits per heavy atom. The zero-order valence-electron chi connectivity index (χ0n) is 19.0. The largest absolute Gasteiger partial charge is 0.494 e. The molecule has 3 aromatic rings. The van der Waals surface area contributed by atoms with Gasteiger partial charge in [0, 0.05) is 23.5 Å². The molecule has 0 aliphatic heterocycles. The lowest BCUT2D eigenvalue weighted by Crippen LogP contribution is -2.21. The lowest BCUT2D eigenvalue weighted by Gasteiger charge is -2.10. The van der Waals surface area contributed by atoms with Gasteiger partial charge < -0.3 is 20.7 Å². The summed E-state index contributed by atoms with van der Waals surface area (Å²) in [6, 6.07) is 25.0. The van der Waals surface area contributed by atoms with E-state index in [1.165, 1.54) is 5.56 Å². The van der Waals surface area contributed by atoms with Gasteiger partial charge in [-0.05, 0) is 73.4 Å². The average molecular weight is 446 g/mol. The van der Waals surface area contributed by atoms with Gasteiger partial charge in [-0.1, -0.05) is 37.3 Å². The second-order valence-corrected chi connectivity index (χ2v) is 7.74. The Kier molecular flexibility index (Phi) is 9.33. The van der Waals surface area contributed by atoms with Crippen LogP contribution in [0.1, 0.15) is 31.7 Å². The summed E-state index contributed by atoms with van der Waals surface area (Å²) in [5, 5.41) is 8.77. The van der Waals surface area contributed by atoms with Crippen LogP contribution < -0.4 is 20.7 Å². The van der Waals surface area contributed by atoms with Crippen LogP contribution in [0.15, 0.2) is 78.9 Å². The van der Waals surface area contributed by atoms with E-state index in [2.05, 4.69) is 28.1 Å². The van der Waals surface area contributed by atoms with Crippen molar-refractivity contribution in [3.8, 4) is 5.75 Å². The molecule has 0 radical (unpaired) electrons. The second-order valence-electron chi connectivity index (χ2n) is 7.74. The quantitative estimate of drug-likeness (QED) is 0.322. The lowest BCUT2D eigenvalue weighted by atomic mass is 10.1. The smallest absolute Gasteiger partial charge is 0.243 e. The van der Waals surface area contributed by atoms with Gasteiger partial charge in [0.15, 0.2) is 0 Å². The minimum absolute atomic E-state index is 0.0120. The van der Waals surface area contributed by atoms with Gasteiger partial charge in [-0.2, -0.15) is 0 Å². The third kappa shape index (κ3) is 8.69. The Morgan fingerprint density at radius 3 is 2.00 bits per heavy atom. The molecule has 0 bridgehead atoms. The number of nitrogens with one attached hydrogen (secondary N) is 3. The molecule has 6 heteroatoms. The number of hydrogen-bond acceptors (Lipinski definition) is 4. The van der Waals surface area contributed by atoms with E-state index in [1.54, 1.807) is 24.3 Å². The maximum absolute atomic E-state index is 12.2. The van der Waals surface area contributed by atoms with Crippen molar-refractivity contribution < 1.29 is 14.3 Å². The molecule has 0 saturated carbocycles. The van der Waals surface area contributed by atoms with Crippen LogP contribution >= 0.6 is 0 Å². The highest BCUT2D eigenvalue weighted by Crippen LogP contribution is 2.17. The van der Waals surface area contributed by atoms with Crippen LogP contribution in [0.4, 0.5) is 17.1 Å². The first kappa shape index (κ1) is 23.9. The summed E-state index contributed by atoms with van der Waals surface area (Å²) in [5.74, 6) is 0.644. The molecule has 0 fully saturated rings. The van der Waals surface area contributed by atoms with Crippen LogP contribution in [0.25, 0.3) is 0 Å². The zero-order valence-corrected chi connectivity index (χ0v) is 19.0. The summed E-state index contributed by atoms with van der Waals surface area (Å²) in [4.78, 5) is 23.9. The van der Waals surface area contributed by atoms with E-state index < -0.39 is 0 Å². The molecule has 0 atom stereocenters. The van der Waals surface area contributed by atoms with Crippen molar-refractivity contribution in [1.82, 2.24) is 0 Å². The molecule has 0 unspecified atom stereocenters. The van der Waals surface area contributed by atoms with Gasteiger partial charge in [-0.3, -0.25) is 9.59 Å². The number of hydrogen-bond donors (Lipinski definition) is 3. The number of ether oxygens (including phenoxy) is 1. The monoisotopic (exact) mass is 445 g/mol. The maximum Gasteiger partial charge on any atom is 0.243 e. The topological polar surface area (TPSA) is 79.5 Å². The van der Waals surface area contributed by atoms with E-state index in [9.17, 15) is 9.59 Å². The van der Waals surface area contributed by atoms with E-state index >= 15 is 0 Å². The van der Waals surface area contributed by atoms with Gasteiger partial charge in [-0.25, -0.2) is 0 Å². The standard InChI is InChI=1S/C27H31N3O3/c1-2-7-26(31)29-23-11-13-24(14-12-23)30-27(32)20-28-22-15-17-25(18-16-22)33-19-6-10-21-8-4-3-5-9-21/h3-5,8-9,11-18,28H,2,6-7,10,19-20H2,1H3,(H,29,31)(H,30,32). The first-order valence-electron chi connectivity index (χ1n) is 11.3. The summed E-state index contributed by atoms with van der Waals surface area (Å²) < 4.78 is 5.80. The fourth-order valence-corrected chi connectivity index (χ4v) is 3.25. The molecule has 33 heavy (non-hydrogen) atoms. The van der Waals surface area contributed by atoms with Crippen LogP contribution in [0.2, 0.25) is 0 Å². The number of amides is 2. The first-order chi connectivity index (χ1) is 16.1. The number of carbonyl (C=O) groups excluding carboxylic acids is 2. The molecule has 0 aliphatic carbocycles. The summed E-state index contributed by atoms with van der Waals surface area (Å²) in [6.45, 7) is 2.76. The van der Waals surface area contributed by atoms with Crippen molar-refractivity contribution in [3.63, 3.8) is 0 Å². The Bertz CT molecular complexity index is 1000. The Balaban J connectivity index is 1.35. The van der Waals surface area contributed by atoms with Gasteiger partial charge in [0.1, 0.15) is 5.75 Å². The number of anilines is 3. The fourth-order valence-electron chi connectivity index (χ4n) is 3.25. The predicted molar refractivity (Wildman–Crippen MR) is 134 cm³/mol. The fraction of sp³-hybridized carbons (Fsp3) is 0.259. The van der Waals surface area contributed by atoms with Crippen molar-refractivity contribution in [2.45, 2.75) is 32.6 Å². The van der Waals surface area contributed by atoms with Crippen LogP contribution in [0.3, 0.4) is 0 Å². The second kappa shape index (κ2) is 12.9. The van der Waals surface area contributed by atoms with Gasteiger partial charge in [0.2, 0.25) is 11.8 Å². The number of aryl methyl sites for hydroxylation is 1. The van der Waals surface area contributed by atoms with Crippen LogP contribution in [-0.2, 0) is 16.0 Å². The highest BCUT2D eigenvalue weighted by atomic mass is 16.5. The van der Waals surface area contributed by atoms with Crippen molar-refractivity contribution in [2.75, 3.05) is 29.1 Å². The van der Waals surface area contributed by atoms with Crippen molar-refractivity contribution in [2.24, 2.45) is 0 Å². The highest BCUT2D eigenvalue weighted by molar-refractivity contribution is 5.94. The summed E-state index contributed by atoms with van der Waals surface area (Å²) in [6.07, 6.45) is 3.24. The molecule has 6 nitrogen and oxygen atoms in total. The molecule has 3 rings (SSSR count). The third-order valence-electron chi connectivity index (χ3n) is 4.96. The zero-order chi connectivity index (χ0) is 23.3. The Labute approximate surface area is 195 Å². The molecule has 0 saturated heterocycles. The molecule has 0 spiro atoms. The minimum atomic E-state index is -0.154. The van der Waals surface area contributed by atoms with E-state index in [0.29, 0.717) is 24.4 Å². The summed E-state index contributed by atoms with van der Waals surface area (Å²) in [5.41, 5.74) is 3.55. The van der Waals surface area contributed by atoms with Gasteiger partial charge in [0.05, 0.1) is 13.2 Å². The van der Waals surface area contributed by atoms with Gasteiger partial charge in [0.25, 0.3) is 0 Å². The van der Waals surface area contributed by atoms with E-state index in [0.717, 1.165) is 30.7 Å². The third-order valence-corrected chi connectivity index (χ3v) is 4.96. The Hall–Kier alpha value is -3.80. The SMILES string of the molecule is CCCC(=O)Nc1ccc(NC(=O)CNc2ccc(OCCCc3ccccc3)cc2)cc1. The normalized spacial score (nSPS) is 10.3. The summed E-state index contributed by atoms with van der Waals surface area (Å²) in [7, 11) is 0. The number of carbonyl (C=O) groups is 2. The van der Waals surface area contributed by atoms with Crippen molar-refractivity contribution in [3.05, 3.63) is 84.4 Å². The Morgan fingerprint density at radius 1 is 0.758 bits per heavy atom. The number of rotatable bonds is 12. The molecule has 3 N–H and O–H groups in total. The maximum atomic E-state index is 12.2. The predicted octanol–water partition coefficient (Wildman–Crippen LogP) is 5.49. The minimum Gasteiger partial charge on any atom is -0.494 e. The van der Waals surface area contributed by atoms with E-state index in [4.69, 9.17) is 4.74 Å². The number of benzene rings is 3. The van der Waals surface area contributed by atoms with E-state index in [-0.39, 0.29) is 18.4 Å². The lowest BCUT2D eigenvalue weighted by molar-refractivity contribution is -0.116. The molecular weight excluding hydrogens is 414 g/mol. The molecule has 172 valence electrons. The van der Waals surface area contributed by atoms with Crippen molar-refractivity contribution in [1.29, 1.82) is 0 Å². The first-order valence-corrected chi connectivity index (χ1v) is 11.3. The molecule has 0 heterocycles. The van der Waals surface area contributed by atoms with Crippen LogP contribution in [0, 0.1) is 0 Å². The van der Waals surface area contributed by atoms with E-state index in [1.807, 2.05) is 49.4 Å². The highest BCUT2D eigenvalue weighted by Gasteiger charge is 2.05. The van der Waals surface area contributed by atoms with Crippen LogP contribution in [-0.4, -0.2) is 25.0 Å². The van der Waals surface area contributed by atoms with Crippen molar-refractivity contribution >= 4 is 28.9 Å². The molecule has 3 aromatic carbocycles. The molecule has 0 aromatic heterocycles. The molecule has 0 aliphatic rings. The van der Waals surface area contributed by atoms with Gasteiger partial charge >= 0.3 is 0 Å².